The number of hydrogen-bond donors (Lipinski definition) is 0. The van der Waals surface area contributed by atoms with E-state index in [1.807, 2.05) is 6.08 Å². The molecule has 0 aromatic rings. The monoisotopic (exact) mass is 241 g/mol. The molecule has 0 spiro atoms. The normalized spacial score (nSPS) is 18.2. The van der Waals surface area contributed by atoms with Crippen molar-refractivity contribution >= 4 is 0 Å². The van der Waals surface area contributed by atoms with Gasteiger partial charge in [-0.25, -0.2) is 0 Å². The first-order valence-electron chi connectivity index (χ1n) is 6.75. The fraction of sp³-hybridized carbons (Fsp3) is 0.857. The standard InChI is InChI=1S/C14H27NO2/c1-4-5-6-8-11-14(16-2,17-3)15-12-9-7-10-13-15/h4H,1,5-13H2,2-3H3. The number of piperidine rings is 1. The van der Waals surface area contributed by atoms with Crippen LogP contribution in [0.2, 0.25) is 0 Å². The van der Waals surface area contributed by atoms with Gasteiger partial charge in [0, 0.05) is 33.7 Å². The topological polar surface area (TPSA) is 21.7 Å². The van der Waals surface area contributed by atoms with E-state index in [4.69, 9.17) is 9.47 Å². The Labute approximate surface area is 106 Å². The molecule has 0 saturated carbocycles. The number of hydrogen-bond acceptors (Lipinski definition) is 3. The first kappa shape index (κ1) is 14.7. The molecule has 1 fully saturated rings. The van der Waals surface area contributed by atoms with Gasteiger partial charge in [-0.2, -0.15) is 0 Å². The Bertz CT molecular complexity index is 208. The Hall–Kier alpha value is -0.380. The molecular weight excluding hydrogens is 214 g/mol. The smallest absolute Gasteiger partial charge is 0.229 e. The summed E-state index contributed by atoms with van der Waals surface area (Å²) < 4.78 is 11.4. The van der Waals surface area contributed by atoms with Crippen molar-refractivity contribution < 1.29 is 9.47 Å². The Kier molecular flexibility index (Phi) is 6.78. The number of ether oxygens (including phenoxy) is 2. The van der Waals surface area contributed by atoms with E-state index in [2.05, 4.69) is 11.5 Å². The van der Waals surface area contributed by atoms with Crippen molar-refractivity contribution in [3.05, 3.63) is 12.7 Å². The van der Waals surface area contributed by atoms with E-state index in [1.165, 1.54) is 19.3 Å². The van der Waals surface area contributed by atoms with E-state index in [0.717, 1.165) is 38.8 Å². The summed E-state index contributed by atoms with van der Waals surface area (Å²) >= 11 is 0. The van der Waals surface area contributed by atoms with Gasteiger partial charge < -0.3 is 9.47 Å². The van der Waals surface area contributed by atoms with E-state index in [9.17, 15) is 0 Å². The molecule has 17 heavy (non-hydrogen) atoms. The average molecular weight is 241 g/mol. The van der Waals surface area contributed by atoms with E-state index in [-0.39, 0.29) is 0 Å². The lowest BCUT2D eigenvalue weighted by Crippen LogP contribution is -2.53. The summed E-state index contributed by atoms with van der Waals surface area (Å²) in [5.41, 5.74) is 0. The number of methoxy groups -OCH3 is 2. The van der Waals surface area contributed by atoms with Crippen molar-refractivity contribution in [1.29, 1.82) is 0 Å². The summed E-state index contributed by atoms with van der Waals surface area (Å²) in [5.74, 6) is -0.498. The average Bonchev–Trinajstić information content (AvgIpc) is 2.41. The Morgan fingerprint density at radius 1 is 1.12 bits per heavy atom. The predicted octanol–water partition coefficient (Wildman–Crippen LogP) is 3.17. The minimum atomic E-state index is -0.498. The molecule has 0 unspecified atom stereocenters. The maximum atomic E-state index is 5.68. The molecule has 3 nitrogen and oxygen atoms in total. The third kappa shape index (κ3) is 4.09. The zero-order chi connectivity index (χ0) is 12.6. The van der Waals surface area contributed by atoms with Crippen LogP contribution in [-0.4, -0.2) is 38.1 Å². The maximum absolute atomic E-state index is 5.68. The van der Waals surface area contributed by atoms with Gasteiger partial charge in [0.2, 0.25) is 5.91 Å². The summed E-state index contributed by atoms with van der Waals surface area (Å²) in [7, 11) is 3.51. The van der Waals surface area contributed by atoms with E-state index >= 15 is 0 Å². The van der Waals surface area contributed by atoms with E-state index in [0.29, 0.717) is 0 Å². The summed E-state index contributed by atoms with van der Waals surface area (Å²) in [6.07, 6.45) is 10.1. The number of rotatable bonds is 8. The zero-order valence-corrected chi connectivity index (χ0v) is 11.4. The summed E-state index contributed by atoms with van der Waals surface area (Å²) in [6, 6.07) is 0. The third-order valence-electron chi connectivity index (χ3n) is 3.63. The Morgan fingerprint density at radius 3 is 2.29 bits per heavy atom. The van der Waals surface area contributed by atoms with Crippen LogP contribution in [0.25, 0.3) is 0 Å². The van der Waals surface area contributed by atoms with Gasteiger partial charge in [0.1, 0.15) is 0 Å². The van der Waals surface area contributed by atoms with Crippen LogP contribution in [0.1, 0.15) is 44.9 Å². The molecule has 0 amide bonds. The second-order valence-electron chi connectivity index (χ2n) is 4.70. The van der Waals surface area contributed by atoms with Crippen LogP contribution in [0.15, 0.2) is 12.7 Å². The Morgan fingerprint density at radius 2 is 1.76 bits per heavy atom. The van der Waals surface area contributed by atoms with Crippen molar-refractivity contribution in [2.75, 3.05) is 27.3 Å². The van der Waals surface area contributed by atoms with Gasteiger partial charge in [-0.1, -0.05) is 12.5 Å². The summed E-state index contributed by atoms with van der Waals surface area (Å²) in [6.45, 7) is 5.92. The molecule has 0 radical (unpaired) electrons. The maximum Gasteiger partial charge on any atom is 0.229 e. The van der Waals surface area contributed by atoms with Gasteiger partial charge >= 0.3 is 0 Å². The van der Waals surface area contributed by atoms with Crippen LogP contribution in [-0.2, 0) is 9.47 Å². The molecule has 0 aliphatic carbocycles. The highest BCUT2D eigenvalue weighted by Crippen LogP contribution is 2.28. The quantitative estimate of drug-likeness (QED) is 0.370. The van der Waals surface area contributed by atoms with Crippen LogP contribution < -0.4 is 0 Å². The molecule has 1 heterocycles. The molecule has 1 aliphatic heterocycles. The molecular formula is C14H27NO2. The SMILES string of the molecule is C=CCCCCC(OC)(OC)N1CCCCC1. The van der Waals surface area contributed by atoms with Gasteiger partial charge in [-0.05, 0) is 32.1 Å². The lowest BCUT2D eigenvalue weighted by Gasteiger charge is -2.43. The molecule has 1 rings (SSSR count). The highest BCUT2D eigenvalue weighted by atomic mass is 16.7. The van der Waals surface area contributed by atoms with Crippen molar-refractivity contribution in [2.45, 2.75) is 50.9 Å². The van der Waals surface area contributed by atoms with Crippen LogP contribution in [0, 0.1) is 0 Å². The van der Waals surface area contributed by atoms with Gasteiger partial charge in [-0.3, -0.25) is 4.90 Å². The summed E-state index contributed by atoms with van der Waals surface area (Å²) in [5, 5.41) is 0. The predicted molar refractivity (Wildman–Crippen MR) is 70.8 cm³/mol. The molecule has 3 heteroatoms. The highest BCUT2D eigenvalue weighted by Gasteiger charge is 2.36. The van der Waals surface area contributed by atoms with E-state index in [1.54, 1.807) is 14.2 Å². The van der Waals surface area contributed by atoms with Gasteiger partial charge in [0.05, 0.1) is 0 Å². The lowest BCUT2D eigenvalue weighted by atomic mass is 10.1. The summed E-state index contributed by atoms with van der Waals surface area (Å²) in [4.78, 5) is 2.35. The third-order valence-corrected chi connectivity index (χ3v) is 3.63. The number of likely N-dealkylation sites (tertiary alicyclic amines) is 1. The van der Waals surface area contributed by atoms with Gasteiger partial charge in [-0.15, -0.1) is 6.58 Å². The first-order valence-corrected chi connectivity index (χ1v) is 6.75. The van der Waals surface area contributed by atoms with Gasteiger partial charge in [0.25, 0.3) is 0 Å². The van der Waals surface area contributed by atoms with Gasteiger partial charge in [0.15, 0.2) is 0 Å². The van der Waals surface area contributed by atoms with Crippen molar-refractivity contribution in [1.82, 2.24) is 4.90 Å². The van der Waals surface area contributed by atoms with E-state index < -0.39 is 5.91 Å². The molecule has 0 aromatic heterocycles. The largest absolute Gasteiger partial charge is 0.341 e. The highest BCUT2D eigenvalue weighted by molar-refractivity contribution is 4.76. The minimum Gasteiger partial charge on any atom is -0.341 e. The van der Waals surface area contributed by atoms with Crippen molar-refractivity contribution in [3.8, 4) is 0 Å². The fourth-order valence-electron chi connectivity index (χ4n) is 2.58. The van der Waals surface area contributed by atoms with Crippen LogP contribution >= 0.6 is 0 Å². The molecule has 0 atom stereocenters. The van der Waals surface area contributed by atoms with Crippen LogP contribution in [0.5, 0.6) is 0 Å². The van der Waals surface area contributed by atoms with Crippen LogP contribution in [0.4, 0.5) is 0 Å². The molecule has 100 valence electrons. The molecule has 0 N–H and O–H groups in total. The number of allylic oxidation sites excluding steroid dienone is 1. The fourth-order valence-corrected chi connectivity index (χ4v) is 2.58. The van der Waals surface area contributed by atoms with Crippen molar-refractivity contribution in [3.63, 3.8) is 0 Å². The molecule has 0 bridgehead atoms. The van der Waals surface area contributed by atoms with Crippen LogP contribution in [0.3, 0.4) is 0 Å². The first-order chi connectivity index (χ1) is 8.29. The van der Waals surface area contributed by atoms with Crippen molar-refractivity contribution in [2.24, 2.45) is 0 Å². The molecule has 1 saturated heterocycles. The Balaban J connectivity index is 2.49. The minimum absolute atomic E-state index is 0.498. The molecule has 0 aromatic carbocycles. The zero-order valence-electron chi connectivity index (χ0n) is 11.4. The number of unbranched alkanes of at least 4 members (excludes halogenated alkanes) is 2. The second-order valence-corrected chi connectivity index (χ2v) is 4.70. The number of nitrogens with zero attached hydrogens (tertiary/aromatic N) is 1. The lowest BCUT2D eigenvalue weighted by molar-refractivity contribution is -0.302. The molecule has 1 aliphatic rings. The second kappa shape index (κ2) is 7.85.